The molecule has 0 radical (unpaired) electrons. The van der Waals surface area contributed by atoms with Gasteiger partial charge < -0.3 is 15.1 Å². The van der Waals surface area contributed by atoms with E-state index in [0.717, 1.165) is 11.4 Å². The predicted octanol–water partition coefficient (Wildman–Crippen LogP) is 5.92. The van der Waals surface area contributed by atoms with Crippen molar-refractivity contribution in [3.8, 4) is 0 Å². The number of benzene rings is 3. The summed E-state index contributed by atoms with van der Waals surface area (Å²) in [5, 5.41) is 20.0. The number of pyridine rings is 1. The SMILES string of the molecule is C=C(c1cc(C(=O)O)cc(N(C(=O)CO)c2ccccc2)c1)c1ccc(N(C)c2ccc(Cl)cc2)cn1. The van der Waals surface area contributed by atoms with Crippen molar-refractivity contribution < 1.29 is 19.8 Å². The molecule has 4 rings (SSSR count). The molecule has 0 saturated heterocycles. The number of aliphatic hydroxyl groups is 1. The van der Waals surface area contributed by atoms with Gasteiger partial charge in [0.05, 0.1) is 28.8 Å². The monoisotopic (exact) mass is 513 g/mol. The van der Waals surface area contributed by atoms with E-state index in [1.165, 1.54) is 17.0 Å². The maximum absolute atomic E-state index is 12.7. The molecule has 2 N–H and O–H groups in total. The molecule has 1 amide bonds. The highest BCUT2D eigenvalue weighted by molar-refractivity contribution is 6.30. The number of hydrogen-bond donors (Lipinski definition) is 2. The van der Waals surface area contributed by atoms with Crippen LogP contribution in [0, 0.1) is 0 Å². The van der Waals surface area contributed by atoms with Crippen LogP contribution in [-0.4, -0.2) is 40.7 Å². The fraction of sp³-hybridized carbons (Fsp3) is 0.0690. The number of carboxylic acids is 1. The fourth-order valence-corrected chi connectivity index (χ4v) is 3.97. The Hall–Kier alpha value is -4.46. The van der Waals surface area contributed by atoms with Crippen molar-refractivity contribution in [2.45, 2.75) is 0 Å². The summed E-state index contributed by atoms with van der Waals surface area (Å²) in [6, 6.07) is 24.3. The second kappa shape index (κ2) is 11.1. The van der Waals surface area contributed by atoms with Gasteiger partial charge in [0.25, 0.3) is 5.91 Å². The summed E-state index contributed by atoms with van der Waals surface area (Å²) in [4.78, 5) is 32.4. The molecule has 37 heavy (non-hydrogen) atoms. The molecule has 0 aliphatic carbocycles. The lowest BCUT2D eigenvalue weighted by Gasteiger charge is -2.23. The van der Waals surface area contributed by atoms with Gasteiger partial charge in [-0.15, -0.1) is 0 Å². The van der Waals surface area contributed by atoms with Crippen molar-refractivity contribution in [2.24, 2.45) is 0 Å². The first kappa shape index (κ1) is 25.6. The van der Waals surface area contributed by atoms with Gasteiger partial charge in [0.1, 0.15) is 6.61 Å². The van der Waals surface area contributed by atoms with Gasteiger partial charge in [-0.3, -0.25) is 14.7 Å². The summed E-state index contributed by atoms with van der Waals surface area (Å²) < 4.78 is 0. The maximum atomic E-state index is 12.7. The molecule has 3 aromatic carbocycles. The first-order chi connectivity index (χ1) is 17.8. The Morgan fingerprint density at radius 2 is 1.51 bits per heavy atom. The molecule has 0 atom stereocenters. The normalized spacial score (nSPS) is 10.6. The van der Waals surface area contributed by atoms with Crippen molar-refractivity contribution >= 4 is 51.8 Å². The van der Waals surface area contributed by atoms with Crippen molar-refractivity contribution in [1.29, 1.82) is 0 Å². The summed E-state index contributed by atoms with van der Waals surface area (Å²) >= 11 is 5.99. The Morgan fingerprint density at radius 1 is 0.865 bits per heavy atom. The second-order valence-corrected chi connectivity index (χ2v) is 8.65. The molecule has 8 heteroatoms. The van der Waals surface area contributed by atoms with Crippen LogP contribution in [0.3, 0.4) is 0 Å². The molecule has 0 unspecified atom stereocenters. The van der Waals surface area contributed by atoms with E-state index >= 15 is 0 Å². The minimum absolute atomic E-state index is 0.0283. The van der Waals surface area contributed by atoms with E-state index in [4.69, 9.17) is 11.6 Å². The summed E-state index contributed by atoms with van der Waals surface area (Å²) in [5.41, 5.74) is 4.03. The number of rotatable bonds is 8. The average Bonchev–Trinajstić information content (AvgIpc) is 2.93. The van der Waals surface area contributed by atoms with Crippen LogP contribution in [0.1, 0.15) is 21.6 Å². The van der Waals surface area contributed by atoms with Crippen LogP contribution in [0.4, 0.5) is 22.7 Å². The van der Waals surface area contributed by atoms with E-state index < -0.39 is 18.5 Å². The Balaban J connectivity index is 1.70. The zero-order valence-electron chi connectivity index (χ0n) is 20.0. The topological polar surface area (TPSA) is 94.0 Å². The molecule has 7 nitrogen and oxygen atoms in total. The Morgan fingerprint density at radius 3 is 2.11 bits per heavy atom. The van der Waals surface area contributed by atoms with Crippen molar-refractivity contribution in [3.05, 3.63) is 120 Å². The molecule has 0 aliphatic heterocycles. The number of anilines is 4. The van der Waals surface area contributed by atoms with Crippen molar-refractivity contribution in [2.75, 3.05) is 23.5 Å². The molecule has 186 valence electrons. The standard InChI is InChI=1S/C29H24ClN3O4/c1-19(27-13-12-25(17-31-27)32(2)23-10-8-22(30)9-11-23)20-14-21(29(36)37)16-26(15-20)33(28(35)18-34)24-6-4-3-5-7-24/h3-17,34H,1,18H2,2H3,(H,36,37). The number of carbonyl (C=O) groups excluding carboxylic acids is 1. The minimum atomic E-state index is -1.16. The van der Waals surface area contributed by atoms with Crippen molar-refractivity contribution in [3.63, 3.8) is 0 Å². The first-order valence-corrected chi connectivity index (χ1v) is 11.7. The van der Waals surface area contributed by atoms with Gasteiger partial charge in [0, 0.05) is 29.0 Å². The molecule has 4 aromatic rings. The van der Waals surface area contributed by atoms with Crippen LogP contribution in [0.25, 0.3) is 5.57 Å². The minimum Gasteiger partial charge on any atom is -0.478 e. The molecular formula is C29H24ClN3O4. The third-order valence-corrected chi connectivity index (χ3v) is 6.08. The molecule has 0 fully saturated rings. The van der Waals surface area contributed by atoms with Crippen LogP contribution >= 0.6 is 11.6 Å². The van der Waals surface area contributed by atoms with Crippen LogP contribution in [0.2, 0.25) is 5.02 Å². The van der Waals surface area contributed by atoms with Gasteiger partial charge in [-0.1, -0.05) is 36.4 Å². The Bertz CT molecular complexity index is 1440. The Labute approximate surface area is 219 Å². The van der Waals surface area contributed by atoms with E-state index in [0.29, 0.717) is 33.2 Å². The second-order valence-electron chi connectivity index (χ2n) is 8.21. The molecule has 1 aromatic heterocycles. The lowest BCUT2D eigenvalue weighted by Crippen LogP contribution is -2.28. The third-order valence-electron chi connectivity index (χ3n) is 5.83. The number of carboxylic acid groups (broad SMARTS) is 1. The zero-order chi connectivity index (χ0) is 26.5. The summed E-state index contributed by atoms with van der Waals surface area (Å²) in [6.07, 6.45) is 1.70. The van der Waals surface area contributed by atoms with Crippen LogP contribution in [0.5, 0.6) is 0 Å². The van der Waals surface area contributed by atoms with E-state index in [1.54, 1.807) is 48.7 Å². The zero-order valence-corrected chi connectivity index (χ0v) is 20.8. The molecule has 0 saturated carbocycles. The number of para-hydroxylation sites is 1. The lowest BCUT2D eigenvalue weighted by molar-refractivity contribution is -0.120. The van der Waals surface area contributed by atoms with Gasteiger partial charge >= 0.3 is 5.97 Å². The number of aromatic carboxylic acids is 1. The first-order valence-electron chi connectivity index (χ1n) is 11.3. The van der Waals surface area contributed by atoms with Gasteiger partial charge in [-0.2, -0.15) is 0 Å². The number of halogens is 1. The van der Waals surface area contributed by atoms with E-state index in [9.17, 15) is 19.8 Å². The van der Waals surface area contributed by atoms with Gasteiger partial charge in [-0.05, 0) is 72.3 Å². The third kappa shape index (κ3) is 5.69. The lowest BCUT2D eigenvalue weighted by atomic mass is 9.99. The van der Waals surface area contributed by atoms with Gasteiger partial charge in [0.15, 0.2) is 0 Å². The van der Waals surface area contributed by atoms with Crippen LogP contribution in [0.15, 0.2) is 97.7 Å². The van der Waals surface area contributed by atoms with Crippen LogP contribution in [-0.2, 0) is 4.79 Å². The van der Waals surface area contributed by atoms with Crippen LogP contribution < -0.4 is 9.80 Å². The van der Waals surface area contributed by atoms with Gasteiger partial charge in [-0.25, -0.2) is 4.79 Å². The molecule has 0 bridgehead atoms. The number of nitrogens with zero attached hydrogens (tertiary/aromatic N) is 3. The molecule has 1 heterocycles. The number of amides is 1. The summed E-state index contributed by atoms with van der Waals surface area (Å²) in [6.45, 7) is 3.40. The van der Waals surface area contributed by atoms with E-state index in [1.807, 2.05) is 42.3 Å². The average molecular weight is 514 g/mol. The number of aromatic nitrogens is 1. The highest BCUT2D eigenvalue weighted by atomic mass is 35.5. The summed E-state index contributed by atoms with van der Waals surface area (Å²) in [7, 11) is 1.91. The summed E-state index contributed by atoms with van der Waals surface area (Å²) in [5.74, 6) is -1.76. The van der Waals surface area contributed by atoms with Crippen molar-refractivity contribution in [1.82, 2.24) is 4.98 Å². The quantitative estimate of drug-likeness (QED) is 0.304. The van der Waals surface area contributed by atoms with Gasteiger partial charge in [0.2, 0.25) is 0 Å². The molecule has 0 aliphatic rings. The number of aliphatic hydroxyl groups excluding tert-OH is 1. The maximum Gasteiger partial charge on any atom is 0.335 e. The molecule has 0 spiro atoms. The predicted molar refractivity (Wildman–Crippen MR) is 146 cm³/mol. The highest BCUT2D eigenvalue weighted by Gasteiger charge is 2.21. The largest absolute Gasteiger partial charge is 0.478 e. The van der Waals surface area contributed by atoms with E-state index in [-0.39, 0.29) is 5.56 Å². The highest BCUT2D eigenvalue weighted by Crippen LogP contribution is 2.32. The molecular weight excluding hydrogens is 490 g/mol. The number of hydrogen-bond acceptors (Lipinski definition) is 5. The smallest absolute Gasteiger partial charge is 0.335 e. The fourth-order valence-electron chi connectivity index (χ4n) is 3.85. The Kier molecular flexibility index (Phi) is 7.67. The number of carbonyl (C=O) groups is 2. The van der Waals surface area contributed by atoms with E-state index in [2.05, 4.69) is 11.6 Å².